The van der Waals surface area contributed by atoms with Crippen molar-refractivity contribution in [1.29, 1.82) is 0 Å². The lowest BCUT2D eigenvalue weighted by molar-refractivity contribution is -0.228. The van der Waals surface area contributed by atoms with Crippen molar-refractivity contribution in [3.05, 3.63) is 0 Å². The molecule has 0 nitrogen and oxygen atoms in total. The van der Waals surface area contributed by atoms with Gasteiger partial charge in [0.05, 0.1) is 0 Å². The number of rotatable bonds is 1. The molecule has 2 saturated carbocycles. The molecule has 0 amide bonds. The van der Waals surface area contributed by atoms with Crippen LogP contribution in [0.2, 0.25) is 0 Å². The first-order valence-electron chi connectivity index (χ1n) is 6.26. The van der Waals surface area contributed by atoms with Crippen LogP contribution in [0.15, 0.2) is 0 Å². The largest absolute Gasteiger partial charge is 0.0620 e. The summed E-state index contributed by atoms with van der Waals surface area (Å²) in [5.41, 5.74) is 1.77. The van der Waals surface area contributed by atoms with Gasteiger partial charge in [0.25, 0.3) is 0 Å². The third-order valence-electron chi connectivity index (χ3n) is 6.81. The maximum Gasteiger partial charge on any atom is -0.0213 e. The topological polar surface area (TPSA) is 0 Å². The predicted molar refractivity (Wildman–Crippen MR) is 62.2 cm³/mol. The summed E-state index contributed by atoms with van der Waals surface area (Å²) in [6, 6.07) is 0. The van der Waals surface area contributed by atoms with Gasteiger partial charge in [0.15, 0.2) is 0 Å². The Morgan fingerprint density at radius 1 is 0.929 bits per heavy atom. The van der Waals surface area contributed by atoms with Crippen LogP contribution in [0, 0.1) is 28.1 Å². The summed E-state index contributed by atoms with van der Waals surface area (Å²) in [6.45, 7) is 14.9. The van der Waals surface area contributed by atoms with Crippen molar-refractivity contribution < 1.29 is 0 Å². The first-order valence-corrected chi connectivity index (χ1v) is 6.26. The average molecular weight is 194 g/mol. The summed E-state index contributed by atoms with van der Waals surface area (Å²) in [5.74, 6) is 1.86. The minimum Gasteiger partial charge on any atom is -0.0620 e. The summed E-state index contributed by atoms with van der Waals surface area (Å²) in [4.78, 5) is 0. The third kappa shape index (κ3) is 0.864. The van der Waals surface area contributed by atoms with E-state index < -0.39 is 0 Å². The molecule has 0 N–H and O–H groups in total. The molecule has 2 aliphatic carbocycles. The van der Waals surface area contributed by atoms with Crippen LogP contribution in [-0.2, 0) is 0 Å². The number of hydrogen-bond acceptors (Lipinski definition) is 0. The first-order chi connectivity index (χ1) is 6.26. The molecule has 82 valence electrons. The standard InChI is InChI=1S/C14H26/c1-10-7-8-13(10,5)14(6)9-11(2)12(14,3)4/h10-11H,7-9H2,1-6H3. The van der Waals surface area contributed by atoms with Crippen molar-refractivity contribution in [2.75, 3.05) is 0 Å². The molecule has 0 radical (unpaired) electrons. The van der Waals surface area contributed by atoms with Gasteiger partial charge < -0.3 is 0 Å². The highest BCUT2D eigenvalue weighted by Gasteiger charge is 2.66. The Morgan fingerprint density at radius 2 is 1.50 bits per heavy atom. The summed E-state index contributed by atoms with van der Waals surface area (Å²) < 4.78 is 0. The van der Waals surface area contributed by atoms with Gasteiger partial charge in [0.2, 0.25) is 0 Å². The van der Waals surface area contributed by atoms with E-state index in [1.807, 2.05) is 0 Å². The van der Waals surface area contributed by atoms with E-state index in [0.29, 0.717) is 16.2 Å². The predicted octanol–water partition coefficient (Wildman–Crippen LogP) is 4.49. The second-order valence-corrected chi connectivity index (χ2v) is 7.02. The molecule has 4 unspecified atom stereocenters. The lowest BCUT2D eigenvalue weighted by Crippen LogP contribution is -2.64. The molecule has 0 aromatic heterocycles. The van der Waals surface area contributed by atoms with Crippen LogP contribution in [0.1, 0.15) is 60.8 Å². The van der Waals surface area contributed by atoms with Gasteiger partial charge in [-0.3, -0.25) is 0 Å². The molecular formula is C14H26. The molecule has 14 heavy (non-hydrogen) atoms. The van der Waals surface area contributed by atoms with E-state index >= 15 is 0 Å². The Balaban J connectivity index is 2.27. The van der Waals surface area contributed by atoms with E-state index in [4.69, 9.17) is 0 Å². The Kier molecular flexibility index (Phi) is 1.93. The molecule has 0 bridgehead atoms. The lowest BCUT2D eigenvalue weighted by Gasteiger charge is -2.71. The van der Waals surface area contributed by atoms with Crippen LogP contribution < -0.4 is 0 Å². The Morgan fingerprint density at radius 3 is 1.71 bits per heavy atom. The molecule has 0 aromatic rings. The van der Waals surface area contributed by atoms with Crippen LogP contribution in [0.25, 0.3) is 0 Å². The Bertz CT molecular complexity index is 253. The van der Waals surface area contributed by atoms with Gasteiger partial charge in [-0.25, -0.2) is 0 Å². The van der Waals surface area contributed by atoms with Crippen LogP contribution in [0.3, 0.4) is 0 Å². The van der Waals surface area contributed by atoms with Gasteiger partial charge in [0.1, 0.15) is 0 Å². The summed E-state index contributed by atoms with van der Waals surface area (Å²) >= 11 is 0. The smallest absolute Gasteiger partial charge is 0.0213 e. The molecule has 0 spiro atoms. The fourth-order valence-corrected chi connectivity index (χ4v) is 4.20. The molecule has 4 atom stereocenters. The maximum atomic E-state index is 2.54. The molecular weight excluding hydrogens is 168 g/mol. The second-order valence-electron chi connectivity index (χ2n) is 7.02. The summed E-state index contributed by atoms with van der Waals surface area (Å²) in [7, 11) is 0. The van der Waals surface area contributed by atoms with Gasteiger partial charge in [-0.05, 0) is 47.3 Å². The summed E-state index contributed by atoms with van der Waals surface area (Å²) in [5, 5.41) is 0. The average Bonchev–Trinajstić information content (AvgIpc) is 2.14. The van der Waals surface area contributed by atoms with Crippen LogP contribution in [0.4, 0.5) is 0 Å². The van der Waals surface area contributed by atoms with Gasteiger partial charge >= 0.3 is 0 Å². The van der Waals surface area contributed by atoms with Crippen LogP contribution >= 0.6 is 0 Å². The van der Waals surface area contributed by atoms with E-state index in [2.05, 4.69) is 41.5 Å². The fourth-order valence-electron chi connectivity index (χ4n) is 4.20. The molecule has 0 heteroatoms. The molecule has 0 aromatic carbocycles. The third-order valence-corrected chi connectivity index (χ3v) is 6.81. The molecule has 2 aliphatic rings. The molecule has 0 saturated heterocycles. The van der Waals surface area contributed by atoms with Crippen molar-refractivity contribution in [3.8, 4) is 0 Å². The Labute approximate surface area is 89.5 Å². The zero-order valence-electron chi connectivity index (χ0n) is 10.8. The quantitative estimate of drug-likeness (QED) is 0.577. The molecule has 0 aliphatic heterocycles. The minimum absolute atomic E-state index is 0.552. The van der Waals surface area contributed by atoms with E-state index in [-0.39, 0.29) is 0 Å². The SMILES string of the molecule is CC1CC(C)(C2(C)CCC2C)C1(C)C. The highest BCUT2D eigenvalue weighted by Crippen LogP contribution is 2.73. The monoisotopic (exact) mass is 194 g/mol. The van der Waals surface area contributed by atoms with Crippen molar-refractivity contribution in [2.24, 2.45) is 28.1 Å². The van der Waals surface area contributed by atoms with E-state index in [0.717, 1.165) is 11.8 Å². The zero-order chi connectivity index (χ0) is 10.8. The highest BCUT2D eigenvalue weighted by molar-refractivity contribution is 5.14. The normalized spacial score (nSPS) is 56.1. The van der Waals surface area contributed by atoms with Crippen molar-refractivity contribution in [1.82, 2.24) is 0 Å². The highest BCUT2D eigenvalue weighted by atomic mass is 14.7. The Hall–Kier alpha value is 0. The molecule has 0 heterocycles. The van der Waals surface area contributed by atoms with Crippen LogP contribution in [-0.4, -0.2) is 0 Å². The number of hydrogen-bond donors (Lipinski definition) is 0. The molecule has 2 fully saturated rings. The van der Waals surface area contributed by atoms with Crippen molar-refractivity contribution in [2.45, 2.75) is 60.8 Å². The first kappa shape index (κ1) is 10.5. The van der Waals surface area contributed by atoms with Crippen LogP contribution in [0.5, 0.6) is 0 Å². The zero-order valence-corrected chi connectivity index (χ0v) is 10.8. The fraction of sp³-hybridized carbons (Fsp3) is 1.00. The van der Waals surface area contributed by atoms with Gasteiger partial charge in [0, 0.05) is 0 Å². The van der Waals surface area contributed by atoms with Gasteiger partial charge in [-0.2, -0.15) is 0 Å². The van der Waals surface area contributed by atoms with E-state index in [1.54, 1.807) is 0 Å². The van der Waals surface area contributed by atoms with Gasteiger partial charge in [-0.1, -0.05) is 41.5 Å². The minimum atomic E-state index is 0.552. The lowest BCUT2D eigenvalue weighted by atomic mass is 9.33. The maximum absolute atomic E-state index is 2.54. The van der Waals surface area contributed by atoms with Crippen molar-refractivity contribution in [3.63, 3.8) is 0 Å². The van der Waals surface area contributed by atoms with Crippen molar-refractivity contribution >= 4 is 0 Å². The molecule has 2 rings (SSSR count). The summed E-state index contributed by atoms with van der Waals surface area (Å²) in [6.07, 6.45) is 4.36. The van der Waals surface area contributed by atoms with E-state index in [9.17, 15) is 0 Å². The van der Waals surface area contributed by atoms with E-state index in [1.165, 1.54) is 19.3 Å². The second kappa shape index (κ2) is 2.57. The van der Waals surface area contributed by atoms with Gasteiger partial charge in [-0.15, -0.1) is 0 Å².